The van der Waals surface area contributed by atoms with Crippen LogP contribution < -0.4 is 10.6 Å². The van der Waals surface area contributed by atoms with Crippen LogP contribution in [-0.2, 0) is 28.7 Å². The van der Waals surface area contributed by atoms with E-state index in [1.165, 1.54) is 24.1 Å². The Morgan fingerprint density at radius 1 is 1.25 bits per heavy atom. The summed E-state index contributed by atoms with van der Waals surface area (Å²) in [6.45, 7) is 6.01. The summed E-state index contributed by atoms with van der Waals surface area (Å²) < 4.78 is 9.98. The van der Waals surface area contributed by atoms with Gasteiger partial charge in [-0.1, -0.05) is 0 Å². The molecule has 3 heterocycles. The van der Waals surface area contributed by atoms with Crippen molar-refractivity contribution in [2.24, 2.45) is 0 Å². The molecule has 1 fully saturated rings. The van der Waals surface area contributed by atoms with Crippen LogP contribution in [0.5, 0.6) is 0 Å². The molecule has 1 saturated heterocycles. The Bertz CT molecular complexity index is 1150. The van der Waals surface area contributed by atoms with Gasteiger partial charge in [0.05, 0.1) is 6.42 Å². The fourth-order valence-corrected chi connectivity index (χ4v) is 5.32. The zero-order valence-electron chi connectivity index (χ0n) is 19.8. The number of β-lactam (4-membered cyclic amide) rings is 1. The summed E-state index contributed by atoms with van der Waals surface area (Å²) in [5.74, 6) is -3.77. The van der Waals surface area contributed by atoms with Gasteiger partial charge in [-0.15, -0.1) is 23.1 Å². The summed E-state index contributed by atoms with van der Waals surface area (Å²) in [5.41, 5.74) is -0.764. The van der Waals surface area contributed by atoms with Gasteiger partial charge in [-0.05, 0) is 20.8 Å². The molecule has 3 rings (SSSR count). The molecule has 2 aliphatic rings. The number of hydrogen-bond acceptors (Lipinski definition) is 11. The number of nitrogens with zero attached hydrogens (tertiary/aromatic N) is 2. The number of amides is 3. The number of aromatic nitrogens is 1. The molecule has 0 aromatic carbocycles. The average molecular weight is 541 g/mol. The van der Waals surface area contributed by atoms with Gasteiger partial charge in [0, 0.05) is 23.6 Å². The second kappa shape index (κ2) is 10.7. The van der Waals surface area contributed by atoms with Crippen LogP contribution in [0.15, 0.2) is 16.7 Å². The van der Waals surface area contributed by atoms with E-state index in [1.54, 1.807) is 20.8 Å². The highest BCUT2D eigenvalue weighted by atomic mass is 32.2. The number of esters is 1. The van der Waals surface area contributed by atoms with Gasteiger partial charge >= 0.3 is 18.0 Å². The van der Waals surface area contributed by atoms with Crippen LogP contribution >= 0.6 is 23.1 Å². The molecule has 0 saturated carbocycles. The van der Waals surface area contributed by atoms with Crippen molar-refractivity contribution in [1.29, 1.82) is 0 Å². The van der Waals surface area contributed by atoms with E-state index in [-0.39, 0.29) is 34.5 Å². The third-order valence-corrected chi connectivity index (χ3v) is 6.83. The van der Waals surface area contributed by atoms with E-state index in [1.807, 2.05) is 0 Å². The Morgan fingerprint density at radius 3 is 2.56 bits per heavy atom. The minimum absolute atomic E-state index is 0.0407. The Balaban J connectivity index is 1.57. The molecule has 1 aromatic heterocycles. The second-order valence-corrected chi connectivity index (χ2v) is 10.7. The summed E-state index contributed by atoms with van der Waals surface area (Å²) >= 11 is 2.19. The molecule has 0 bridgehead atoms. The van der Waals surface area contributed by atoms with Crippen LogP contribution in [0, 0.1) is 0 Å². The van der Waals surface area contributed by atoms with Gasteiger partial charge in [-0.25, -0.2) is 14.6 Å². The number of thioether (sulfide) groups is 1. The first-order chi connectivity index (χ1) is 16.8. The number of ketones is 1. The molecule has 36 heavy (non-hydrogen) atoms. The van der Waals surface area contributed by atoms with Gasteiger partial charge < -0.3 is 19.9 Å². The van der Waals surface area contributed by atoms with Crippen molar-refractivity contribution >= 4 is 63.9 Å². The van der Waals surface area contributed by atoms with Crippen molar-refractivity contribution in [2.75, 3.05) is 17.7 Å². The van der Waals surface area contributed by atoms with E-state index in [4.69, 9.17) is 9.47 Å². The predicted molar refractivity (Wildman–Crippen MR) is 127 cm³/mol. The number of carboxylic acids is 1. The third-order valence-electron chi connectivity index (χ3n) is 4.73. The number of carboxylic acid groups (broad SMARTS) is 1. The number of fused-ring (bicyclic) bond motifs is 1. The van der Waals surface area contributed by atoms with Gasteiger partial charge in [-0.3, -0.25) is 29.4 Å². The first kappa shape index (κ1) is 27.1. The van der Waals surface area contributed by atoms with Gasteiger partial charge in [0.25, 0.3) is 5.91 Å². The first-order valence-corrected chi connectivity index (χ1v) is 12.5. The zero-order valence-corrected chi connectivity index (χ0v) is 21.4. The number of nitrogens with one attached hydrogen (secondary N) is 2. The molecule has 13 nitrogen and oxygen atoms in total. The van der Waals surface area contributed by atoms with Crippen molar-refractivity contribution in [3.63, 3.8) is 0 Å². The topological polar surface area (TPSA) is 181 Å². The lowest BCUT2D eigenvalue weighted by Gasteiger charge is -2.49. The number of carbonyl (C=O) groups is 6. The molecule has 1 aromatic rings. The van der Waals surface area contributed by atoms with Crippen LogP contribution in [0.1, 0.15) is 44.6 Å². The summed E-state index contributed by atoms with van der Waals surface area (Å²) in [4.78, 5) is 77.2. The van der Waals surface area contributed by atoms with Crippen LogP contribution in [0.3, 0.4) is 0 Å². The Kier molecular flexibility index (Phi) is 8.03. The number of hydrogen-bond donors (Lipinski definition) is 3. The van der Waals surface area contributed by atoms with Gasteiger partial charge in [0.15, 0.2) is 10.9 Å². The summed E-state index contributed by atoms with van der Waals surface area (Å²) in [5, 5.41) is 15.3. The van der Waals surface area contributed by atoms with Gasteiger partial charge in [0.1, 0.15) is 35.0 Å². The van der Waals surface area contributed by atoms with Gasteiger partial charge in [0.2, 0.25) is 5.91 Å². The number of aliphatic carboxylic acids is 1. The third kappa shape index (κ3) is 6.40. The fourth-order valence-electron chi connectivity index (χ4n) is 3.29. The molecule has 2 aliphatic heterocycles. The van der Waals surface area contributed by atoms with Crippen molar-refractivity contribution in [1.82, 2.24) is 15.2 Å². The van der Waals surface area contributed by atoms with Crippen LogP contribution in [0.2, 0.25) is 0 Å². The molecular formula is C21H24N4O9S2. The van der Waals surface area contributed by atoms with Crippen molar-refractivity contribution < 1.29 is 43.3 Å². The van der Waals surface area contributed by atoms with E-state index < -0.39 is 59.1 Å². The van der Waals surface area contributed by atoms with Crippen molar-refractivity contribution in [2.45, 2.75) is 51.1 Å². The molecule has 0 unspecified atom stereocenters. The number of Topliss-reactive ketones (excluding diaryl/α,β-unsaturated/α-hetero) is 1. The quantitative estimate of drug-likeness (QED) is 0.187. The summed E-state index contributed by atoms with van der Waals surface area (Å²) in [6.07, 6.45) is -1.34. The highest BCUT2D eigenvalue weighted by molar-refractivity contribution is 8.00. The fraction of sp³-hybridized carbons (Fsp3) is 0.476. The summed E-state index contributed by atoms with van der Waals surface area (Å²) in [6, 6.07) is -1.01. The SMILES string of the molecule is CC(=O)OCC1=C(C(=O)O)N2C(=O)[C@@H](NC(=O)CC(=O)c3csc(NC(=O)OC(C)(C)C)n3)[C@@H]2SC1. The highest BCUT2D eigenvalue weighted by Crippen LogP contribution is 2.40. The summed E-state index contributed by atoms with van der Waals surface area (Å²) in [7, 11) is 0. The van der Waals surface area contributed by atoms with E-state index >= 15 is 0 Å². The van der Waals surface area contributed by atoms with Gasteiger partial charge in [-0.2, -0.15) is 0 Å². The van der Waals surface area contributed by atoms with Crippen LogP contribution in [0.25, 0.3) is 0 Å². The Labute approximate surface area is 213 Å². The maximum atomic E-state index is 12.6. The molecule has 2 atom stereocenters. The number of rotatable bonds is 8. The highest BCUT2D eigenvalue weighted by Gasteiger charge is 2.54. The lowest BCUT2D eigenvalue weighted by Crippen LogP contribution is -2.70. The second-order valence-electron chi connectivity index (χ2n) is 8.76. The molecule has 194 valence electrons. The molecule has 3 amide bonds. The molecule has 3 N–H and O–H groups in total. The molecule has 15 heteroatoms. The van der Waals surface area contributed by atoms with Crippen molar-refractivity contribution in [3.8, 4) is 0 Å². The number of carbonyl (C=O) groups excluding carboxylic acids is 5. The minimum Gasteiger partial charge on any atom is -0.477 e. The van der Waals surface area contributed by atoms with Crippen molar-refractivity contribution in [3.05, 3.63) is 22.3 Å². The minimum atomic E-state index is -1.35. The molecule has 0 aliphatic carbocycles. The van der Waals surface area contributed by atoms with E-state index in [0.29, 0.717) is 0 Å². The monoisotopic (exact) mass is 540 g/mol. The maximum Gasteiger partial charge on any atom is 0.413 e. The number of ether oxygens (including phenoxy) is 2. The molecule has 0 radical (unpaired) electrons. The molecular weight excluding hydrogens is 516 g/mol. The molecule has 0 spiro atoms. The number of thiazole rings is 1. The normalized spacial score (nSPS) is 19.1. The maximum absolute atomic E-state index is 12.6. The first-order valence-electron chi connectivity index (χ1n) is 10.6. The smallest absolute Gasteiger partial charge is 0.413 e. The lowest BCUT2D eigenvalue weighted by molar-refractivity contribution is -0.151. The van der Waals surface area contributed by atoms with Crippen LogP contribution in [0.4, 0.5) is 9.93 Å². The van der Waals surface area contributed by atoms with E-state index in [0.717, 1.165) is 16.2 Å². The largest absolute Gasteiger partial charge is 0.477 e. The average Bonchev–Trinajstić information content (AvgIpc) is 3.22. The predicted octanol–water partition coefficient (Wildman–Crippen LogP) is 1.36. The van der Waals surface area contributed by atoms with Crippen LogP contribution in [-0.4, -0.2) is 80.0 Å². The lowest BCUT2D eigenvalue weighted by atomic mass is 10.0. The van der Waals surface area contributed by atoms with E-state index in [9.17, 15) is 33.9 Å². The number of anilines is 1. The Morgan fingerprint density at radius 2 is 1.94 bits per heavy atom. The Hall–Kier alpha value is -3.46. The van der Waals surface area contributed by atoms with E-state index in [2.05, 4.69) is 15.6 Å². The zero-order chi connectivity index (χ0) is 26.8. The standard InChI is InChI=1S/C21H24N4O9S2/c1-9(26)33-6-10-7-35-17-14(16(29)25(17)15(10)18(30)31)23-13(28)5-12(27)11-8-36-19(22-11)24-20(32)34-21(2,3)4/h8,14,17H,5-7H2,1-4H3,(H,23,28)(H,30,31)(H,22,24,32)/t14-,17+/m1/s1.